The summed E-state index contributed by atoms with van der Waals surface area (Å²) in [5, 5.41) is 5.27. The van der Waals surface area contributed by atoms with Gasteiger partial charge in [0, 0.05) is 4.88 Å². The zero-order valence-corrected chi connectivity index (χ0v) is 8.77. The number of hydrogen-bond acceptors (Lipinski definition) is 3. The molecule has 0 atom stereocenters. The quantitative estimate of drug-likeness (QED) is 0.773. The molecule has 0 aliphatic carbocycles. The van der Waals surface area contributed by atoms with Crippen molar-refractivity contribution >= 4 is 17.2 Å². The van der Waals surface area contributed by atoms with Crippen LogP contribution in [0.3, 0.4) is 0 Å². The molecule has 0 radical (unpaired) electrons. The molecule has 14 heavy (non-hydrogen) atoms. The SMILES string of the molecule is NC(=O)c1ccsc1C1CCNCC1. The first kappa shape index (κ1) is 9.68. The van der Waals surface area contributed by atoms with E-state index < -0.39 is 0 Å². The number of amides is 1. The number of carbonyl (C=O) groups excluding carboxylic acids is 1. The third kappa shape index (κ3) is 1.81. The highest BCUT2D eigenvalue weighted by atomic mass is 32.1. The number of primary amides is 1. The van der Waals surface area contributed by atoms with E-state index in [0.29, 0.717) is 5.92 Å². The molecule has 3 nitrogen and oxygen atoms in total. The summed E-state index contributed by atoms with van der Waals surface area (Å²) in [6.45, 7) is 2.08. The third-order valence-electron chi connectivity index (χ3n) is 2.67. The highest BCUT2D eigenvalue weighted by Gasteiger charge is 2.21. The molecule has 0 aromatic carbocycles. The number of piperidine rings is 1. The Morgan fingerprint density at radius 1 is 1.50 bits per heavy atom. The predicted octanol–water partition coefficient (Wildman–Crippen LogP) is 1.31. The molecule has 1 aromatic rings. The van der Waals surface area contributed by atoms with Crippen LogP contribution in [0.2, 0.25) is 0 Å². The van der Waals surface area contributed by atoms with Gasteiger partial charge in [0.25, 0.3) is 0 Å². The summed E-state index contributed by atoms with van der Waals surface area (Å²) in [6.07, 6.45) is 2.22. The Kier molecular flexibility index (Phi) is 2.84. The largest absolute Gasteiger partial charge is 0.366 e. The minimum absolute atomic E-state index is 0.292. The second-order valence-electron chi connectivity index (χ2n) is 3.59. The van der Waals surface area contributed by atoms with Crippen molar-refractivity contribution in [2.24, 2.45) is 5.73 Å². The molecule has 2 rings (SSSR count). The van der Waals surface area contributed by atoms with Gasteiger partial charge in [-0.2, -0.15) is 0 Å². The lowest BCUT2D eigenvalue weighted by Gasteiger charge is -2.22. The van der Waals surface area contributed by atoms with Crippen molar-refractivity contribution in [1.29, 1.82) is 0 Å². The Bertz CT molecular complexity index is 329. The van der Waals surface area contributed by atoms with Crippen LogP contribution < -0.4 is 11.1 Å². The predicted molar refractivity (Wildman–Crippen MR) is 57.7 cm³/mol. The summed E-state index contributed by atoms with van der Waals surface area (Å²) in [5.41, 5.74) is 6.04. The van der Waals surface area contributed by atoms with E-state index in [1.165, 1.54) is 4.88 Å². The van der Waals surface area contributed by atoms with Crippen LogP contribution in [-0.4, -0.2) is 19.0 Å². The van der Waals surface area contributed by atoms with Gasteiger partial charge in [0.05, 0.1) is 5.56 Å². The van der Waals surface area contributed by atoms with Gasteiger partial charge in [-0.1, -0.05) is 0 Å². The minimum atomic E-state index is -0.292. The van der Waals surface area contributed by atoms with E-state index >= 15 is 0 Å². The Hall–Kier alpha value is -0.870. The van der Waals surface area contributed by atoms with Crippen LogP contribution in [0.5, 0.6) is 0 Å². The maximum Gasteiger partial charge on any atom is 0.249 e. The van der Waals surface area contributed by atoms with Gasteiger partial charge >= 0.3 is 0 Å². The van der Waals surface area contributed by atoms with Gasteiger partial charge in [-0.15, -0.1) is 11.3 Å². The van der Waals surface area contributed by atoms with Crippen molar-refractivity contribution in [3.05, 3.63) is 21.9 Å². The zero-order chi connectivity index (χ0) is 9.97. The van der Waals surface area contributed by atoms with Gasteiger partial charge < -0.3 is 11.1 Å². The molecule has 2 heterocycles. The van der Waals surface area contributed by atoms with Crippen LogP contribution in [0.1, 0.15) is 34.0 Å². The van der Waals surface area contributed by atoms with Crippen molar-refractivity contribution in [3.8, 4) is 0 Å². The lowest BCUT2D eigenvalue weighted by atomic mass is 9.94. The first-order valence-electron chi connectivity index (χ1n) is 4.87. The maximum absolute atomic E-state index is 11.1. The van der Waals surface area contributed by atoms with Gasteiger partial charge in [-0.25, -0.2) is 0 Å². The number of nitrogens with one attached hydrogen (secondary N) is 1. The summed E-state index contributed by atoms with van der Waals surface area (Å²) < 4.78 is 0. The Balaban J connectivity index is 2.21. The monoisotopic (exact) mass is 210 g/mol. The van der Waals surface area contributed by atoms with Gasteiger partial charge in [-0.3, -0.25) is 4.79 Å². The van der Waals surface area contributed by atoms with Crippen molar-refractivity contribution in [3.63, 3.8) is 0 Å². The van der Waals surface area contributed by atoms with E-state index in [-0.39, 0.29) is 5.91 Å². The topological polar surface area (TPSA) is 55.1 Å². The molecule has 1 amide bonds. The first-order chi connectivity index (χ1) is 6.79. The molecular weight excluding hydrogens is 196 g/mol. The van der Waals surface area contributed by atoms with Crippen LogP contribution in [0.15, 0.2) is 11.4 Å². The second-order valence-corrected chi connectivity index (χ2v) is 4.53. The Morgan fingerprint density at radius 2 is 2.21 bits per heavy atom. The van der Waals surface area contributed by atoms with E-state index in [2.05, 4.69) is 5.32 Å². The van der Waals surface area contributed by atoms with Gasteiger partial charge in [-0.05, 0) is 43.3 Å². The standard InChI is InChI=1S/C10H14N2OS/c11-10(13)8-3-6-14-9(8)7-1-4-12-5-2-7/h3,6-7,12H,1-2,4-5H2,(H2,11,13). The Morgan fingerprint density at radius 3 is 2.86 bits per heavy atom. The zero-order valence-electron chi connectivity index (χ0n) is 7.95. The van der Waals surface area contributed by atoms with Crippen LogP contribution in [0.4, 0.5) is 0 Å². The third-order valence-corrected chi connectivity index (χ3v) is 3.75. The van der Waals surface area contributed by atoms with Gasteiger partial charge in [0.15, 0.2) is 0 Å². The lowest BCUT2D eigenvalue weighted by molar-refractivity contribution is 0.0999. The normalized spacial score (nSPS) is 18.3. The molecular formula is C10H14N2OS. The molecule has 3 N–H and O–H groups in total. The molecule has 1 aliphatic rings. The maximum atomic E-state index is 11.1. The van der Waals surface area contributed by atoms with Crippen LogP contribution in [0, 0.1) is 0 Å². The summed E-state index contributed by atoms with van der Waals surface area (Å²) in [5.74, 6) is 0.235. The minimum Gasteiger partial charge on any atom is -0.366 e. The number of rotatable bonds is 2. The summed E-state index contributed by atoms with van der Waals surface area (Å²) >= 11 is 1.66. The smallest absolute Gasteiger partial charge is 0.249 e. The van der Waals surface area contributed by atoms with E-state index in [4.69, 9.17) is 5.73 Å². The molecule has 0 unspecified atom stereocenters. The molecule has 4 heteroatoms. The Labute approximate surface area is 87.3 Å². The molecule has 1 saturated heterocycles. The van der Waals surface area contributed by atoms with Crippen molar-refractivity contribution in [1.82, 2.24) is 5.32 Å². The van der Waals surface area contributed by atoms with Crippen LogP contribution >= 0.6 is 11.3 Å². The number of nitrogens with two attached hydrogens (primary N) is 1. The highest BCUT2D eigenvalue weighted by molar-refractivity contribution is 7.10. The fourth-order valence-electron chi connectivity index (χ4n) is 1.92. The van der Waals surface area contributed by atoms with Crippen LogP contribution in [0.25, 0.3) is 0 Å². The fourth-order valence-corrected chi connectivity index (χ4v) is 3.00. The average molecular weight is 210 g/mol. The molecule has 1 aromatic heterocycles. The molecule has 0 spiro atoms. The average Bonchev–Trinajstić information content (AvgIpc) is 2.67. The molecule has 0 saturated carbocycles. The van der Waals surface area contributed by atoms with Crippen molar-refractivity contribution < 1.29 is 4.79 Å². The fraction of sp³-hybridized carbons (Fsp3) is 0.500. The van der Waals surface area contributed by atoms with Gasteiger partial charge in [0.1, 0.15) is 0 Å². The molecule has 1 aliphatic heterocycles. The summed E-state index contributed by atoms with van der Waals surface area (Å²) in [6, 6.07) is 1.84. The van der Waals surface area contributed by atoms with E-state index in [1.54, 1.807) is 11.3 Å². The number of carbonyl (C=O) groups is 1. The summed E-state index contributed by atoms with van der Waals surface area (Å²) in [4.78, 5) is 12.3. The van der Waals surface area contributed by atoms with Crippen molar-refractivity contribution in [2.75, 3.05) is 13.1 Å². The van der Waals surface area contributed by atoms with Crippen LogP contribution in [-0.2, 0) is 0 Å². The highest BCUT2D eigenvalue weighted by Crippen LogP contribution is 2.31. The van der Waals surface area contributed by atoms with E-state index in [1.807, 2.05) is 11.4 Å². The molecule has 76 valence electrons. The summed E-state index contributed by atoms with van der Waals surface area (Å²) in [7, 11) is 0. The molecule has 0 bridgehead atoms. The lowest BCUT2D eigenvalue weighted by Crippen LogP contribution is -2.27. The second kappa shape index (κ2) is 4.11. The molecule has 1 fully saturated rings. The first-order valence-corrected chi connectivity index (χ1v) is 5.75. The number of thiophene rings is 1. The van der Waals surface area contributed by atoms with Crippen molar-refractivity contribution in [2.45, 2.75) is 18.8 Å². The number of hydrogen-bond donors (Lipinski definition) is 2. The van der Waals surface area contributed by atoms with E-state index in [0.717, 1.165) is 31.5 Å². The van der Waals surface area contributed by atoms with Gasteiger partial charge in [0.2, 0.25) is 5.91 Å². The van der Waals surface area contributed by atoms with E-state index in [9.17, 15) is 4.79 Å².